The lowest BCUT2D eigenvalue weighted by Gasteiger charge is -2.38. The van der Waals surface area contributed by atoms with Crippen molar-refractivity contribution in [3.8, 4) is 0 Å². The van der Waals surface area contributed by atoms with Crippen LogP contribution in [0.4, 0.5) is 0 Å². The number of hydrogen-bond acceptors (Lipinski definition) is 3. The SMILES string of the molecule is O=C(C[C@@H]1C=CCC1)N1CCC(O)(c2ccccn2)CC1. The van der Waals surface area contributed by atoms with E-state index in [2.05, 4.69) is 17.1 Å². The van der Waals surface area contributed by atoms with E-state index in [0.29, 0.717) is 38.3 Å². The molecule has 0 saturated carbocycles. The molecule has 4 nitrogen and oxygen atoms in total. The van der Waals surface area contributed by atoms with Gasteiger partial charge in [0.2, 0.25) is 5.91 Å². The van der Waals surface area contributed by atoms with Crippen molar-refractivity contribution in [2.24, 2.45) is 5.92 Å². The Labute approximate surface area is 125 Å². The van der Waals surface area contributed by atoms with E-state index in [-0.39, 0.29) is 5.91 Å². The Morgan fingerprint density at radius 1 is 1.38 bits per heavy atom. The predicted octanol–water partition coefficient (Wildman–Crippen LogP) is 2.25. The number of carbonyl (C=O) groups excluding carboxylic acids is 1. The van der Waals surface area contributed by atoms with Gasteiger partial charge in [-0.1, -0.05) is 18.2 Å². The molecular weight excluding hydrogens is 264 g/mol. The summed E-state index contributed by atoms with van der Waals surface area (Å²) in [5.74, 6) is 0.628. The van der Waals surface area contributed by atoms with Crippen LogP contribution in [0.15, 0.2) is 36.5 Å². The van der Waals surface area contributed by atoms with Gasteiger partial charge in [-0.15, -0.1) is 0 Å². The van der Waals surface area contributed by atoms with Gasteiger partial charge >= 0.3 is 0 Å². The van der Waals surface area contributed by atoms with Gasteiger partial charge in [0, 0.05) is 25.7 Å². The lowest BCUT2D eigenvalue weighted by Crippen LogP contribution is -2.45. The molecule has 0 bridgehead atoms. The largest absolute Gasteiger partial charge is 0.383 e. The first kappa shape index (κ1) is 14.3. The van der Waals surface area contributed by atoms with Crippen LogP contribution >= 0.6 is 0 Å². The molecule has 112 valence electrons. The summed E-state index contributed by atoms with van der Waals surface area (Å²) >= 11 is 0. The zero-order valence-electron chi connectivity index (χ0n) is 12.2. The van der Waals surface area contributed by atoms with Gasteiger partial charge in [0.1, 0.15) is 5.60 Å². The highest BCUT2D eigenvalue weighted by atomic mass is 16.3. The highest BCUT2D eigenvalue weighted by Crippen LogP contribution is 2.32. The van der Waals surface area contributed by atoms with Crippen molar-refractivity contribution in [3.05, 3.63) is 42.2 Å². The Kier molecular flexibility index (Phi) is 4.06. The second-order valence-corrected chi connectivity index (χ2v) is 6.10. The molecule has 1 saturated heterocycles. The molecule has 2 heterocycles. The quantitative estimate of drug-likeness (QED) is 0.867. The van der Waals surface area contributed by atoms with Gasteiger partial charge in [-0.2, -0.15) is 0 Å². The third kappa shape index (κ3) is 3.16. The minimum absolute atomic E-state index is 0.217. The lowest BCUT2D eigenvalue weighted by molar-refractivity contribution is -0.136. The number of nitrogens with zero attached hydrogens (tertiary/aromatic N) is 2. The monoisotopic (exact) mass is 286 g/mol. The van der Waals surface area contributed by atoms with Crippen molar-refractivity contribution in [2.75, 3.05) is 13.1 Å². The maximum absolute atomic E-state index is 12.3. The molecule has 1 N–H and O–H groups in total. The molecule has 1 amide bonds. The van der Waals surface area contributed by atoms with E-state index in [4.69, 9.17) is 0 Å². The molecule has 3 rings (SSSR count). The van der Waals surface area contributed by atoms with Gasteiger partial charge in [-0.05, 0) is 43.7 Å². The Bertz CT molecular complexity index is 519. The first-order valence-electron chi connectivity index (χ1n) is 7.76. The maximum Gasteiger partial charge on any atom is 0.223 e. The topological polar surface area (TPSA) is 53.4 Å². The molecule has 1 atom stereocenters. The van der Waals surface area contributed by atoms with Gasteiger partial charge in [-0.25, -0.2) is 0 Å². The van der Waals surface area contributed by atoms with Crippen LogP contribution in [0.2, 0.25) is 0 Å². The summed E-state index contributed by atoms with van der Waals surface area (Å²) in [5.41, 5.74) is -0.165. The molecule has 1 aromatic heterocycles. The summed E-state index contributed by atoms with van der Waals surface area (Å²) < 4.78 is 0. The summed E-state index contributed by atoms with van der Waals surface area (Å²) in [6, 6.07) is 5.60. The fourth-order valence-electron chi connectivity index (χ4n) is 3.24. The normalized spacial score (nSPS) is 24.2. The maximum atomic E-state index is 12.3. The molecular formula is C17H22N2O2. The number of pyridine rings is 1. The molecule has 1 aliphatic heterocycles. The van der Waals surface area contributed by atoms with Crippen LogP contribution in [-0.4, -0.2) is 34.0 Å². The number of carbonyl (C=O) groups is 1. The molecule has 21 heavy (non-hydrogen) atoms. The van der Waals surface area contributed by atoms with Crippen LogP contribution in [-0.2, 0) is 10.4 Å². The van der Waals surface area contributed by atoms with Crippen LogP contribution in [0, 0.1) is 5.92 Å². The Balaban J connectivity index is 1.57. The summed E-state index contributed by atoms with van der Waals surface area (Å²) in [7, 11) is 0. The fourth-order valence-corrected chi connectivity index (χ4v) is 3.24. The first-order chi connectivity index (χ1) is 10.2. The smallest absolute Gasteiger partial charge is 0.223 e. The van der Waals surface area contributed by atoms with Crippen molar-refractivity contribution >= 4 is 5.91 Å². The van der Waals surface area contributed by atoms with Gasteiger partial charge in [0.25, 0.3) is 0 Å². The van der Waals surface area contributed by atoms with E-state index in [0.717, 1.165) is 18.5 Å². The molecule has 1 fully saturated rings. The molecule has 0 spiro atoms. The van der Waals surface area contributed by atoms with E-state index < -0.39 is 5.60 Å². The third-order valence-electron chi connectivity index (χ3n) is 4.63. The summed E-state index contributed by atoms with van der Waals surface area (Å²) in [6.07, 6.45) is 9.96. The van der Waals surface area contributed by atoms with Crippen LogP contribution in [0.1, 0.15) is 37.8 Å². The number of aliphatic hydroxyl groups is 1. The Morgan fingerprint density at radius 3 is 2.81 bits per heavy atom. The van der Waals surface area contributed by atoms with E-state index in [1.807, 2.05) is 23.1 Å². The van der Waals surface area contributed by atoms with E-state index >= 15 is 0 Å². The Morgan fingerprint density at radius 2 is 2.19 bits per heavy atom. The molecule has 1 aliphatic carbocycles. The number of likely N-dealkylation sites (tertiary alicyclic amines) is 1. The zero-order valence-corrected chi connectivity index (χ0v) is 12.2. The van der Waals surface area contributed by atoms with E-state index in [1.165, 1.54) is 0 Å². The molecule has 0 radical (unpaired) electrons. The minimum Gasteiger partial charge on any atom is -0.383 e. The zero-order chi connectivity index (χ0) is 14.7. The standard InChI is InChI=1S/C17H22N2O2/c20-16(13-14-5-1-2-6-14)19-11-8-17(21,9-12-19)15-7-3-4-10-18-15/h1,3-5,7,10,14,21H,2,6,8-9,11-13H2/t14-/m1/s1. The molecule has 0 unspecified atom stereocenters. The highest BCUT2D eigenvalue weighted by molar-refractivity contribution is 5.76. The summed E-state index contributed by atoms with van der Waals surface area (Å²) in [4.78, 5) is 18.5. The van der Waals surface area contributed by atoms with Crippen LogP contribution in [0.25, 0.3) is 0 Å². The van der Waals surface area contributed by atoms with Crippen LogP contribution < -0.4 is 0 Å². The number of amides is 1. The van der Waals surface area contributed by atoms with Gasteiger partial charge in [0.15, 0.2) is 0 Å². The number of piperidine rings is 1. The van der Waals surface area contributed by atoms with Crippen molar-refractivity contribution < 1.29 is 9.90 Å². The number of rotatable bonds is 3. The molecule has 0 aromatic carbocycles. The molecule has 2 aliphatic rings. The van der Waals surface area contributed by atoms with E-state index in [1.54, 1.807) is 6.20 Å². The fraction of sp³-hybridized carbons (Fsp3) is 0.529. The first-order valence-corrected chi connectivity index (χ1v) is 7.76. The van der Waals surface area contributed by atoms with E-state index in [9.17, 15) is 9.90 Å². The minimum atomic E-state index is -0.884. The van der Waals surface area contributed by atoms with Crippen molar-refractivity contribution in [1.82, 2.24) is 9.88 Å². The van der Waals surface area contributed by atoms with Crippen molar-refractivity contribution in [3.63, 3.8) is 0 Å². The highest BCUT2D eigenvalue weighted by Gasteiger charge is 2.36. The average molecular weight is 286 g/mol. The van der Waals surface area contributed by atoms with Gasteiger partial charge in [0.05, 0.1) is 5.69 Å². The Hall–Kier alpha value is -1.68. The number of allylic oxidation sites excluding steroid dienone is 2. The summed E-state index contributed by atoms with van der Waals surface area (Å²) in [6.45, 7) is 1.23. The molecule has 1 aromatic rings. The number of hydrogen-bond donors (Lipinski definition) is 1. The predicted molar refractivity (Wildman–Crippen MR) is 80.4 cm³/mol. The average Bonchev–Trinajstić information content (AvgIpc) is 3.02. The van der Waals surface area contributed by atoms with Crippen molar-refractivity contribution in [1.29, 1.82) is 0 Å². The van der Waals surface area contributed by atoms with Gasteiger partial charge < -0.3 is 10.0 Å². The second-order valence-electron chi connectivity index (χ2n) is 6.10. The van der Waals surface area contributed by atoms with Crippen molar-refractivity contribution in [2.45, 2.75) is 37.7 Å². The third-order valence-corrected chi connectivity index (χ3v) is 4.63. The number of aromatic nitrogens is 1. The molecule has 4 heteroatoms. The summed E-state index contributed by atoms with van der Waals surface area (Å²) in [5, 5.41) is 10.7. The van der Waals surface area contributed by atoms with Crippen LogP contribution in [0.5, 0.6) is 0 Å². The van der Waals surface area contributed by atoms with Crippen LogP contribution in [0.3, 0.4) is 0 Å². The second kappa shape index (κ2) is 5.98. The van der Waals surface area contributed by atoms with Gasteiger partial charge in [-0.3, -0.25) is 9.78 Å². The lowest BCUT2D eigenvalue weighted by atomic mass is 9.87.